The second kappa shape index (κ2) is 7.43. The summed E-state index contributed by atoms with van der Waals surface area (Å²) in [7, 11) is 2.07. The first-order valence-electron chi connectivity index (χ1n) is 9.08. The molecule has 2 heterocycles. The van der Waals surface area contributed by atoms with Crippen LogP contribution in [0.25, 0.3) is 0 Å². The van der Waals surface area contributed by atoms with Gasteiger partial charge in [0.2, 0.25) is 0 Å². The summed E-state index contributed by atoms with van der Waals surface area (Å²) in [5.41, 5.74) is 1.96. The number of anilines is 2. The zero-order chi connectivity index (χ0) is 17.1. The van der Waals surface area contributed by atoms with Crippen LogP contribution in [0.4, 0.5) is 16.2 Å². The Labute approximate surface area is 145 Å². The second-order valence-electron chi connectivity index (χ2n) is 7.14. The number of hydrogen-bond acceptors (Lipinski definition) is 3. The van der Waals surface area contributed by atoms with Gasteiger partial charge in [-0.3, -0.25) is 0 Å². The normalized spacial score (nSPS) is 23.8. The van der Waals surface area contributed by atoms with E-state index < -0.39 is 0 Å². The lowest BCUT2D eigenvalue weighted by atomic mass is 10.1. The van der Waals surface area contributed by atoms with Crippen LogP contribution in [0.5, 0.6) is 0 Å². The molecule has 2 amide bonds. The van der Waals surface area contributed by atoms with Crippen molar-refractivity contribution in [3.05, 3.63) is 24.3 Å². The average Bonchev–Trinajstić information content (AvgIpc) is 3.24. The predicted molar refractivity (Wildman–Crippen MR) is 97.7 cm³/mol. The highest BCUT2D eigenvalue weighted by atomic mass is 16.5. The number of nitrogens with zero attached hydrogens (tertiary/aromatic N) is 2. The summed E-state index contributed by atoms with van der Waals surface area (Å²) in [6.07, 6.45) is 4.52. The number of carbonyl (C=O) groups is 1. The van der Waals surface area contributed by atoms with E-state index in [-0.39, 0.29) is 18.2 Å². The second-order valence-corrected chi connectivity index (χ2v) is 7.14. The molecule has 0 aromatic heterocycles. The van der Waals surface area contributed by atoms with Gasteiger partial charge in [-0.1, -0.05) is 6.07 Å². The minimum atomic E-state index is -0.00245. The minimum absolute atomic E-state index is 0.00245. The highest BCUT2D eigenvalue weighted by Gasteiger charge is 2.36. The number of amides is 2. The molecular formula is C19H29N3O2. The molecule has 0 aliphatic carbocycles. The number of rotatable bonds is 4. The molecule has 2 unspecified atom stereocenters. The Morgan fingerprint density at radius 1 is 1.33 bits per heavy atom. The van der Waals surface area contributed by atoms with Gasteiger partial charge in [0.05, 0.1) is 12.1 Å². The maximum atomic E-state index is 12.7. The topological polar surface area (TPSA) is 44.8 Å². The van der Waals surface area contributed by atoms with Crippen LogP contribution in [0.1, 0.15) is 39.5 Å². The molecule has 0 spiro atoms. The fourth-order valence-electron chi connectivity index (χ4n) is 3.63. The Bertz CT molecular complexity index is 569. The van der Waals surface area contributed by atoms with E-state index in [1.165, 1.54) is 0 Å². The van der Waals surface area contributed by atoms with Crippen molar-refractivity contribution in [3.8, 4) is 0 Å². The van der Waals surface area contributed by atoms with E-state index in [0.29, 0.717) is 6.04 Å². The van der Waals surface area contributed by atoms with Crippen LogP contribution < -0.4 is 10.2 Å². The van der Waals surface area contributed by atoms with Crippen LogP contribution >= 0.6 is 0 Å². The molecule has 1 N–H and O–H groups in total. The summed E-state index contributed by atoms with van der Waals surface area (Å²) < 4.78 is 5.82. The molecule has 0 saturated carbocycles. The highest BCUT2D eigenvalue weighted by Crippen LogP contribution is 2.29. The minimum Gasteiger partial charge on any atom is -0.376 e. The number of carbonyl (C=O) groups excluding carboxylic acids is 1. The monoisotopic (exact) mass is 331 g/mol. The standard InChI is InChI=1S/C19H29N3O2/c1-14(2)21(3)16-8-4-7-15(13-16)20-19(23)22-11-5-9-17(22)18-10-6-12-24-18/h4,7-8,13-14,17-18H,5-6,9-12H2,1-3H3,(H,20,23). The van der Waals surface area contributed by atoms with Crippen LogP contribution in [0.2, 0.25) is 0 Å². The lowest BCUT2D eigenvalue weighted by molar-refractivity contribution is 0.0543. The van der Waals surface area contributed by atoms with Crippen LogP contribution in [0.3, 0.4) is 0 Å². The molecule has 5 nitrogen and oxygen atoms in total. The van der Waals surface area contributed by atoms with Gasteiger partial charge in [0.25, 0.3) is 0 Å². The SMILES string of the molecule is CC(C)N(C)c1cccc(NC(=O)N2CCCC2C2CCCO2)c1. The zero-order valence-electron chi connectivity index (χ0n) is 15.0. The van der Waals surface area contributed by atoms with Gasteiger partial charge in [-0.05, 0) is 57.7 Å². The summed E-state index contributed by atoms with van der Waals surface area (Å²) in [4.78, 5) is 16.9. The Kier molecular flexibility index (Phi) is 5.29. The smallest absolute Gasteiger partial charge is 0.322 e. The van der Waals surface area contributed by atoms with Crippen LogP contribution in [-0.4, -0.2) is 49.3 Å². The number of urea groups is 1. The molecule has 3 rings (SSSR count). The van der Waals surface area contributed by atoms with Crippen molar-refractivity contribution in [2.75, 3.05) is 30.4 Å². The van der Waals surface area contributed by atoms with Crippen molar-refractivity contribution >= 4 is 17.4 Å². The summed E-state index contributed by atoms with van der Waals surface area (Å²) in [5, 5.41) is 3.08. The van der Waals surface area contributed by atoms with Gasteiger partial charge in [0.15, 0.2) is 0 Å². The molecule has 24 heavy (non-hydrogen) atoms. The van der Waals surface area contributed by atoms with Crippen molar-refractivity contribution in [2.45, 2.75) is 57.7 Å². The van der Waals surface area contributed by atoms with Gasteiger partial charge in [0, 0.05) is 37.6 Å². The number of nitrogens with one attached hydrogen (secondary N) is 1. The maximum absolute atomic E-state index is 12.7. The molecule has 2 aliphatic heterocycles. The van der Waals surface area contributed by atoms with Crippen LogP contribution in [0, 0.1) is 0 Å². The van der Waals surface area contributed by atoms with Crippen LogP contribution in [0.15, 0.2) is 24.3 Å². The van der Waals surface area contributed by atoms with Crippen molar-refractivity contribution in [1.29, 1.82) is 0 Å². The Hall–Kier alpha value is -1.75. The molecule has 2 saturated heterocycles. The third-order valence-electron chi connectivity index (χ3n) is 5.23. The number of ether oxygens (including phenoxy) is 1. The molecule has 0 radical (unpaired) electrons. The first kappa shape index (κ1) is 17.1. The van der Waals surface area contributed by atoms with Gasteiger partial charge in [-0.15, -0.1) is 0 Å². The lowest BCUT2D eigenvalue weighted by Crippen LogP contribution is -2.44. The Morgan fingerprint density at radius 2 is 2.17 bits per heavy atom. The zero-order valence-corrected chi connectivity index (χ0v) is 15.0. The number of benzene rings is 1. The number of likely N-dealkylation sites (tertiary alicyclic amines) is 1. The first-order valence-corrected chi connectivity index (χ1v) is 9.08. The van der Waals surface area contributed by atoms with E-state index >= 15 is 0 Å². The molecule has 5 heteroatoms. The first-order chi connectivity index (χ1) is 11.6. The van der Waals surface area contributed by atoms with Gasteiger partial charge in [0.1, 0.15) is 0 Å². The third kappa shape index (κ3) is 3.66. The summed E-state index contributed by atoms with van der Waals surface area (Å²) >= 11 is 0. The summed E-state index contributed by atoms with van der Waals surface area (Å²) in [6.45, 7) is 5.96. The highest BCUT2D eigenvalue weighted by molar-refractivity contribution is 5.90. The fraction of sp³-hybridized carbons (Fsp3) is 0.632. The van der Waals surface area contributed by atoms with E-state index in [2.05, 4.69) is 37.2 Å². The van der Waals surface area contributed by atoms with Crippen molar-refractivity contribution < 1.29 is 9.53 Å². The molecule has 1 aromatic carbocycles. The van der Waals surface area contributed by atoms with Gasteiger partial charge < -0.3 is 19.9 Å². The van der Waals surface area contributed by atoms with E-state index in [0.717, 1.165) is 50.2 Å². The molecule has 2 fully saturated rings. The average molecular weight is 331 g/mol. The Morgan fingerprint density at radius 3 is 2.88 bits per heavy atom. The molecular weight excluding hydrogens is 302 g/mol. The van der Waals surface area contributed by atoms with E-state index in [1.54, 1.807) is 0 Å². The molecule has 2 aliphatic rings. The van der Waals surface area contributed by atoms with E-state index in [1.807, 2.05) is 23.1 Å². The van der Waals surface area contributed by atoms with Crippen LogP contribution in [-0.2, 0) is 4.74 Å². The lowest BCUT2D eigenvalue weighted by Gasteiger charge is -2.29. The van der Waals surface area contributed by atoms with Gasteiger partial charge >= 0.3 is 6.03 Å². The molecule has 132 valence electrons. The van der Waals surface area contributed by atoms with Gasteiger partial charge in [-0.25, -0.2) is 4.79 Å². The maximum Gasteiger partial charge on any atom is 0.322 e. The largest absolute Gasteiger partial charge is 0.376 e. The van der Waals surface area contributed by atoms with Crippen molar-refractivity contribution in [3.63, 3.8) is 0 Å². The van der Waals surface area contributed by atoms with E-state index in [4.69, 9.17) is 4.74 Å². The fourth-order valence-corrected chi connectivity index (χ4v) is 3.63. The van der Waals surface area contributed by atoms with E-state index in [9.17, 15) is 4.79 Å². The molecule has 2 atom stereocenters. The molecule has 1 aromatic rings. The summed E-state index contributed by atoms with van der Waals surface area (Å²) in [6, 6.07) is 8.69. The third-order valence-corrected chi connectivity index (χ3v) is 5.23. The quantitative estimate of drug-likeness (QED) is 0.915. The van der Waals surface area contributed by atoms with Crippen molar-refractivity contribution in [1.82, 2.24) is 4.90 Å². The predicted octanol–water partition coefficient (Wildman–Crippen LogP) is 3.71. The Balaban J connectivity index is 1.67. The summed E-state index contributed by atoms with van der Waals surface area (Å²) in [5.74, 6) is 0. The number of hydrogen-bond donors (Lipinski definition) is 1. The molecule has 0 bridgehead atoms. The van der Waals surface area contributed by atoms with Crippen molar-refractivity contribution in [2.24, 2.45) is 0 Å². The van der Waals surface area contributed by atoms with Gasteiger partial charge in [-0.2, -0.15) is 0 Å².